The Bertz CT molecular complexity index is 597. The second-order valence-electron chi connectivity index (χ2n) is 7.16. The number of ether oxygens (including phenoxy) is 1. The fourth-order valence-electron chi connectivity index (χ4n) is 3.86. The number of carbonyl (C=O) groups excluding carboxylic acids is 1. The molecule has 2 aliphatic heterocycles. The van der Waals surface area contributed by atoms with Gasteiger partial charge in [-0.15, -0.1) is 0 Å². The number of piperidine rings is 1. The quantitative estimate of drug-likeness (QED) is 0.877. The number of nitrogens with one attached hydrogen (secondary N) is 1. The van der Waals surface area contributed by atoms with Crippen LogP contribution in [0.25, 0.3) is 0 Å². The van der Waals surface area contributed by atoms with E-state index < -0.39 is 0 Å². The summed E-state index contributed by atoms with van der Waals surface area (Å²) in [7, 11) is 0. The molecule has 2 aliphatic rings. The number of fused-ring (bicyclic) bond motifs is 2. The number of hydrogen-bond donors (Lipinski definition) is 2. The number of amides is 2. The lowest BCUT2D eigenvalue weighted by Crippen LogP contribution is -2.50. The highest BCUT2D eigenvalue weighted by Crippen LogP contribution is 2.43. The van der Waals surface area contributed by atoms with Gasteiger partial charge in [-0.25, -0.2) is 4.79 Å². The number of para-hydroxylation sites is 1. The molecule has 138 valence electrons. The number of hydrogen-bond acceptors (Lipinski definition) is 4. The Labute approximate surface area is 149 Å². The van der Waals surface area contributed by atoms with Crippen LogP contribution < -0.4 is 10.2 Å². The predicted molar refractivity (Wildman–Crippen MR) is 97.8 cm³/mol. The first-order chi connectivity index (χ1) is 12.1. The van der Waals surface area contributed by atoms with Gasteiger partial charge in [0.15, 0.2) is 0 Å². The monoisotopic (exact) mass is 347 g/mol. The van der Waals surface area contributed by atoms with Crippen LogP contribution in [-0.2, 0) is 10.3 Å². The maximum Gasteiger partial charge on any atom is 0.317 e. The molecule has 1 saturated heterocycles. The average Bonchev–Trinajstić information content (AvgIpc) is 2.74. The molecule has 1 spiro atoms. The first kappa shape index (κ1) is 18.0. The molecule has 1 fully saturated rings. The van der Waals surface area contributed by atoms with Gasteiger partial charge in [-0.05, 0) is 32.8 Å². The van der Waals surface area contributed by atoms with Crippen molar-refractivity contribution in [3.8, 4) is 0 Å². The molecule has 0 bridgehead atoms. The van der Waals surface area contributed by atoms with Crippen LogP contribution >= 0.6 is 0 Å². The molecule has 0 atom stereocenters. The zero-order chi connectivity index (χ0) is 17.9. The van der Waals surface area contributed by atoms with Gasteiger partial charge in [-0.2, -0.15) is 0 Å². The maximum atomic E-state index is 12.3. The van der Waals surface area contributed by atoms with E-state index in [4.69, 9.17) is 4.74 Å². The summed E-state index contributed by atoms with van der Waals surface area (Å²) in [5, 5.41) is 12.3. The third-order valence-electron chi connectivity index (χ3n) is 5.12. The molecule has 2 N–H and O–H groups in total. The van der Waals surface area contributed by atoms with Crippen LogP contribution in [0.5, 0.6) is 0 Å². The minimum Gasteiger partial charge on any atom is -0.395 e. The third kappa shape index (κ3) is 3.75. The SMILES string of the molecule is CC(C)NC(=O)N1CCC2(CC1)OCCN(CCO)c1ccccc12. The molecule has 0 saturated carbocycles. The van der Waals surface area contributed by atoms with Crippen LogP contribution in [0.1, 0.15) is 32.3 Å². The second-order valence-corrected chi connectivity index (χ2v) is 7.16. The van der Waals surface area contributed by atoms with E-state index in [-0.39, 0.29) is 24.3 Å². The Morgan fingerprint density at radius 2 is 2.00 bits per heavy atom. The van der Waals surface area contributed by atoms with Crippen molar-refractivity contribution in [2.45, 2.75) is 38.3 Å². The lowest BCUT2D eigenvalue weighted by atomic mass is 9.83. The van der Waals surface area contributed by atoms with Crippen molar-refractivity contribution in [3.63, 3.8) is 0 Å². The number of benzene rings is 1. The minimum atomic E-state index is -0.338. The Balaban J connectivity index is 1.80. The minimum absolute atomic E-state index is 0.00802. The van der Waals surface area contributed by atoms with Crippen molar-refractivity contribution in [2.24, 2.45) is 0 Å². The van der Waals surface area contributed by atoms with Crippen LogP contribution in [0.2, 0.25) is 0 Å². The molecule has 2 amide bonds. The van der Waals surface area contributed by atoms with E-state index in [9.17, 15) is 9.90 Å². The number of aliphatic hydroxyl groups is 1. The summed E-state index contributed by atoms with van der Waals surface area (Å²) >= 11 is 0. The van der Waals surface area contributed by atoms with Gasteiger partial charge in [0, 0.05) is 43.5 Å². The lowest BCUT2D eigenvalue weighted by molar-refractivity contribution is -0.0779. The van der Waals surface area contributed by atoms with E-state index >= 15 is 0 Å². The van der Waals surface area contributed by atoms with Gasteiger partial charge in [-0.3, -0.25) is 0 Å². The van der Waals surface area contributed by atoms with Gasteiger partial charge < -0.3 is 25.0 Å². The van der Waals surface area contributed by atoms with Crippen LogP contribution in [0.3, 0.4) is 0 Å². The number of nitrogens with zero attached hydrogens (tertiary/aromatic N) is 2. The Hall–Kier alpha value is -1.79. The summed E-state index contributed by atoms with van der Waals surface area (Å²) in [4.78, 5) is 16.3. The van der Waals surface area contributed by atoms with Crippen LogP contribution in [0.15, 0.2) is 24.3 Å². The number of β-amino-alcohol motifs (C(OH)–C–C–N with tert-alkyl or cyclic N) is 1. The highest BCUT2D eigenvalue weighted by Gasteiger charge is 2.41. The van der Waals surface area contributed by atoms with E-state index in [0.29, 0.717) is 26.2 Å². The topological polar surface area (TPSA) is 65.0 Å². The van der Waals surface area contributed by atoms with E-state index in [1.165, 1.54) is 5.56 Å². The van der Waals surface area contributed by atoms with E-state index in [2.05, 4.69) is 22.3 Å². The fraction of sp³-hybridized carbons (Fsp3) is 0.632. The molecule has 1 aromatic carbocycles. The molecule has 0 unspecified atom stereocenters. The van der Waals surface area contributed by atoms with Gasteiger partial charge >= 0.3 is 6.03 Å². The smallest absolute Gasteiger partial charge is 0.317 e. The average molecular weight is 347 g/mol. The standard InChI is InChI=1S/C19H29N3O3/c1-15(2)20-18(24)22-9-7-19(8-10-22)16-5-3-4-6-17(16)21(11-13-23)12-14-25-19/h3-6,15,23H,7-14H2,1-2H3,(H,20,24). The Morgan fingerprint density at radius 3 is 2.68 bits per heavy atom. The Kier molecular flexibility index (Phi) is 5.49. The third-order valence-corrected chi connectivity index (χ3v) is 5.12. The van der Waals surface area contributed by atoms with Crippen LogP contribution in [0.4, 0.5) is 10.5 Å². The maximum absolute atomic E-state index is 12.3. The first-order valence-corrected chi connectivity index (χ1v) is 9.20. The van der Waals surface area contributed by atoms with Crippen molar-refractivity contribution >= 4 is 11.7 Å². The number of likely N-dealkylation sites (tertiary alicyclic amines) is 1. The molecule has 6 nitrogen and oxygen atoms in total. The largest absolute Gasteiger partial charge is 0.395 e. The summed E-state index contributed by atoms with van der Waals surface area (Å²) in [5.74, 6) is 0. The van der Waals surface area contributed by atoms with Crippen LogP contribution in [0, 0.1) is 0 Å². The van der Waals surface area contributed by atoms with Gasteiger partial charge in [0.1, 0.15) is 0 Å². The van der Waals surface area contributed by atoms with Gasteiger partial charge in [0.25, 0.3) is 0 Å². The van der Waals surface area contributed by atoms with Crippen molar-refractivity contribution in [1.29, 1.82) is 0 Å². The van der Waals surface area contributed by atoms with Crippen molar-refractivity contribution in [1.82, 2.24) is 10.2 Å². The molecule has 0 aliphatic carbocycles. The summed E-state index contributed by atoms with van der Waals surface area (Å²) < 4.78 is 6.36. The molecule has 0 aromatic heterocycles. The summed E-state index contributed by atoms with van der Waals surface area (Å²) in [6, 6.07) is 8.48. The number of carbonyl (C=O) groups is 1. The molecule has 1 aromatic rings. The molecular weight excluding hydrogens is 318 g/mol. The number of rotatable bonds is 3. The fourth-order valence-corrected chi connectivity index (χ4v) is 3.86. The highest BCUT2D eigenvalue weighted by molar-refractivity contribution is 5.74. The predicted octanol–water partition coefficient (Wildman–Crippen LogP) is 1.92. The van der Waals surface area contributed by atoms with E-state index in [1.54, 1.807) is 0 Å². The summed E-state index contributed by atoms with van der Waals surface area (Å²) in [5.41, 5.74) is 1.99. The molecule has 0 radical (unpaired) electrons. The molecule has 25 heavy (non-hydrogen) atoms. The molecular formula is C19H29N3O3. The van der Waals surface area contributed by atoms with Crippen molar-refractivity contribution in [2.75, 3.05) is 44.3 Å². The normalized spacial score (nSPS) is 19.7. The number of anilines is 1. The van der Waals surface area contributed by atoms with Crippen molar-refractivity contribution in [3.05, 3.63) is 29.8 Å². The second kappa shape index (κ2) is 7.62. The number of urea groups is 1. The molecule has 3 rings (SSSR count). The summed E-state index contributed by atoms with van der Waals surface area (Å²) in [6.45, 7) is 7.47. The highest BCUT2D eigenvalue weighted by atomic mass is 16.5. The lowest BCUT2D eigenvalue weighted by Gasteiger charge is -2.42. The zero-order valence-corrected chi connectivity index (χ0v) is 15.2. The van der Waals surface area contributed by atoms with E-state index in [1.807, 2.05) is 30.9 Å². The zero-order valence-electron chi connectivity index (χ0n) is 15.2. The van der Waals surface area contributed by atoms with Crippen LogP contribution in [-0.4, -0.2) is 61.5 Å². The summed E-state index contributed by atoms with van der Waals surface area (Å²) in [6.07, 6.45) is 1.59. The molecule has 2 heterocycles. The first-order valence-electron chi connectivity index (χ1n) is 9.20. The van der Waals surface area contributed by atoms with Crippen molar-refractivity contribution < 1.29 is 14.6 Å². The van der Waals surface area contributed by atoms with Gasteiger partial charge in [0.2, 0.25) is 0 Å². The number of aliphatic hydroxyl groups excluding tert-OH is 1. The van der Waals surface area contributed by atoms with Gasteiger partial charge in [0.05, 0.1) is 18.8 Å². The molecule has 6 heteroatoms. The van der Waals surface area contributed by atoms with Gasteiger partial charge in [-0.1, -0.05) is 18.2 Å². The Morgan fingerprint density at radius 1 is 1.28 bits per heavy atom. The van der Waals surface area contributed by atoms with E-state index in [0.717, 1.165) is 25.1 Å².